The van der Waals surface area contributed by atoms with E-state index in [4.69, 9.17) is 5.11 Å². The van der Waals surface area contributed by atoms with Crippen molar-refractivity contribution in [3.8, 4) is 0 Å². The lowest BCUT2D eigenvalue weighted by Crippen LogP contribution is -2.39. The van der Waals surface area contributed by atoms with Crippen LogP contribution in [-0.4, -0.2) is 23.0 Å². The van der Waals surface area contributed by atoms with Gasteiger partial charge in [-0.2, -0.15) is 0 Å². The molecule has 1 atom stereocenters. The largest absolute Gasteiger partial charge is 0.481 e. The number of nitrogens with one attached hydrogen (secondary N) is 1. The number of carboxylic acid groups (broad SMARTS) is 1. The molecule has 1 amide bonds. The Bertz CT molecular complexity index is 520. The normalized spacial score (nSPS) is 15.7. The Hall–Kier alpha value is -1.84. The van der Waals surface area contributed by atoms with Crippen molar-refractivity contribution in [2.75, 3.05) is 0 Å². The summed E-state index contributed by atoms with van der Waals surface area (Å²) >= 11 is 0. The Labute approximate surface area is 119 Å². The van der Waals surface area contributed by atoms with E-state index < -0.39 is 5.97 Å². The van der Waals surface area contributed by atoms with Gasteiger partial charge in [-0.05, 0) is 43.7 Å². The molecule has 1 aliphatic carbocycles. The number of aliphatic carboxylic acids is 1. The average molecular weight is 275 g/mol. The molecule has 20 heavy (non-hydrogen) atoms. The summed E-state index contributed by atoms with van der Waals surface area (Å²) in [6.45, 7) is 3.98. The molecule has 1 aromatic carbocycles. The van der Waals surface area contributed by atoms with E-state index >= 15 is 0 Å². The number of carbonyl (C=O) groups excluding carboxylic acids is 1. The van der Waals surface area contributed by atoms with Crippen molar-refractivity contribution < 1.29 is 14.7 Å². The van der Waals surface area contributed by atoms with Crippen molar-refractivity contribution in [2.24, 2.45) is 5.92 Å². The highest BCUT2D eigenvalue weighted by Gasteiger charge is 2.33. The molecular weight excluding hydrogens is 254 g/mol. The first-order chi connectivity index (χ1) is 9.45. The van der Waals surface area contributed by atoms with Gasteiger partial charge in [-0.15, -0.1) is 0 Å². The molecule has 4 heteroatoms. The second-order valence-electron chi connectivity index (χ2n) is 5.72. The minimum absolute atomic E-state index is 0.0171. The predicted molar refractivity (Wildman–Crippen MR) is 76.5 cm³/mol. The first kappa shape index (κ1) is 14.6. The third kappa shape index (κ3) is 4.08. The third-order valence-corrected chi connectivity index (χ3v) is 3.79. The van der Waals surface area contributed by atoms with Crippen LogP contribution in [-0.2, 0) is 16.0 Å². The number of carbonyl (C=O) groups is 2. The van der Waals surface area contributed by atoms with Crippen LogP contribution in [0.1, 0.15) is 36.0 Å². The molecule has 0 aromatic heterocycles. The van der Waals surface area contributed by atoms with Gasteiger partial charge in [-0.25, -0.2) is 0 Å². The van der Waals surface area contributed by atoms with E-state index in [-0.39, 0.29) is 18.4 Å². The van der Waals surface area contributed by atoms with Crippen molar-refractivity contribution in [3.05, 3.63) is 34.9 Å². The summed E-state index contributed by atoms with van der Waals surface area (Å²) in [5.74, 6) is -0.598. The highest BCUT2D eigenvalue weighted by atomic mass is 16.4. The lowest BCUT2D eigenvalue weighted by molar-refractivity contribution is -0.137. The van der Waals surface area contributed by atoms with E-state index in [1.807, 2.05) is 32.0 Å². The maximum atomic E-state index is 12.1. The first-order valence-corrected chi connectivity index (χ1v) is 7.03. The molecule has 0 bridgehead atoms. The van der Waals surface area contributed by atoms with Gasteiger partial charge in [0.2, 0.25) is 5.91 Å². The summed E-state index contributed by atoms with van der Waals surface area (Å²) in [7, 11) is 0. The molecule has 2 rings (SSSR count). The summed E-state index contributed by atoms with van der Waals surface area (Å²) in [5.41, 5.74) is 3.22. The molecule has 108 valence electrons. The molecule has 0 spiro atoms. The van der Waals surface area contributed by atoms with E-state index in [1.165, 1.54) is 0 Å². The molecule has 1 aromatic rings. The fourth-order valence-corrected chi connectivity index (χ4v) is 2.44. The Kier molecular flexibility index (Phi) is 4.42. The number of aryl methyl sites for hydroxylation is 2. The summed E-state index contributed by atoms with van der Waals surface area (Å²) in [6, 6.07) is 5.82. The fraction of sp³-hybridized carbons (Fsp3) is 0.500. The van der Waals surface area contributed by atoms with Crippen LogP contribution in [0.25, 0.3) is 0 Å². The molecule has 0 saturated heterocycles. The smallest absolute Gasteiger partial charge is 0.305 e. The average Bonchev–Trinajstić information content (AvgIpc) is 3.16. The van der Waals surface area contributed by atoms with E-state index in [0.29, 0.717) is 12.3 Å². The van der Waals surface area contributed by atoms with Crippen LogP contribution in [0.5, 0.6) is 0 Å². The standard InChI is InChI=1S/C16H21NO3/c1-10-3-4-11(2)13(7-10)8-15(18)17-14(9-16(19)20)12-5-6-12/h3-4,7,12,14H,5-6,8-9H2,1-2H3,(H,17,18)(H,19,20). The monoisotopic (exact) mass is 275 g/mol. The molecule has 0 aliphatic heterocycles. The minimum Gasteiger partial charge on any atom is -0.481 e. The number of benzene rings is 1. The maximum absolute atomic E-state index is 12.1. The van der Waals surface area contributed by atoms with Gasteiger partial charge in [0.1, 0.15) is 0 Å². The van der Waals surface area contributed by atoms with Gasteiger partial charge >= 0.3 is 5.97 Å². The fourth-order valence-electron chi connectivity index (χ4n) is 2.44. The summed E-state index contributed by atoms with van der Waals surface area (Å²) in [6.07, 6.45) is 2.36. The van der Waals surface area contributed by atoms with E-state index in [9.17, 15) is 9.59 Å². The highest BCUT2D eigenvalue weighted by Crippen LogP contribution is 2.34. The predicted octanol–water partition coefficient (Wildman–Crippen LogP) is 2.22. The van der Waals surface area contributed by atoms with Crippen LogP contribution in [0.3, 0.4) is 0 Å². The Balaban J connectivity index is 1.96. The van der Waals surface area contributed by atoms with Crippen LogP contribution in [0.15, 0.2) is 18.2 Å². The lowest BCUT2D eigenvalue weighted by atomic mass is 10.0. The van der Waals surface area contributed by atoms with E-state index in [1.54, 1.807) is 0 Å². The van der Waals surface area contributed by atoms with Crippen LogP contribution < -0.4 is 5.32 Å². The van der Waals surface area contributed by atoms with Gasteiger partial charge in [-0.3, -0.25) is 9.59 Å². The SMILES string of the molecule is Cc1ccc(C)c(CC(=O)NC(CC(=O)O)C2CC2)c1. The summed E-state index contributed by atoms with van der Waals surface area (Å²) in [5, 5.41) is 11.8. The summed E-state index contributed by atoms with van der Waals surface area (Å²) < 4.78 is 0. The van der Waals surface area contributed by atoms with Crippen molar-refractivity contribution in [2.45, 2.75) is 45.6 Å². The molecule has 0 radical (unpaired) electrons. The zero-order valence-corrected chi connectivity index (χ0v) is 12.0. The zero-order chi connectivity index (χ0) is 14.7. The minimum atomic E-state index is -0.853. The van der Waals surface area contributed by atoms with Gasteiger partial charge in [-0.1, -0.05) is 23.8 Å². The molecule has 1 fully saturated rings. The Morgan fingerprint density at radius 1 is 1.35 bits per heavy atom. The molecule has 1 saturated carbocycles. The second kappa shape index (κ2) is 6.07. The number of rotatable bonds is 6. The van der Waals surface area contributed by atoms with Crippen molar-refractivity contribution in [1.29, 1.82) is 0 Å². The van der Waals surface area contributed by atoms with Gasteiger partial charge in [0.05, 0.1) is 12.8 Å². The first-order valence-electron chi connectivity index (χ1n) is 7.03. The van der Waals surface area contributed by atoms with Crippen molar-refractivity contribution >= 4 is 11.9 Å². The molecule has 4 nitrogen and oxygen atoms in total. The Morgan fingerprint density at radius 2 is 2.05 bits per heavy atom. The van der Waals surface area contributed by atoms with E-state index in [0.717, 1.165) is 29.5 Å². The molecule has 1 aliphatic rings. The zero-order valence-electron chi connectivity index (χ0n) is 12.0. The number of carboxylic acids is 1. The van der Waals surface area contributed by atoms with Gasteiger partial charge in [0, 0.05) is 6.04 Å². The van der Waals surface area contributed by atoms with Gasteiger partial charge < -0.3 is 10.4 Å². The molecule has 0 heterocycles. The highest BCUT2D eigenvalue weighted by molar-refractivity contribution is 5.80. The van der Waals surface area contributed by atoms with Crippen LogP contribution >= 0.6 is 0 Å². The topological polar surface area (TPSA) is 66.4 Å². The quantitative estimate of drug-likeness (QED) is 0.836. The third-order valence-electron chi connectivity index (χ3n) is 3.79. The van der Waals surface area contributed by atoms with Crippen molar-refractivity contribution in [1.82, 2.24) is 5.32 Å². The maximum Gasteiger partial charge on any atom is 0.305 e. The number of hydrogen-bond acceptors (Lipinski definition) is 2. The van der Waals surface area contributed by atoms with Crippen LogP contribution in [0.2, 0.25) is 0 Å². The van der Waals surface area contributed by atoms with Gasteiger partial charge in [0.25, 0.3) is 0 Å². The van der Waals surface area contributed by atoms with Gasteiger partial charge in [0.15, 0.2) is 0 Å². The molecule has 2 N–H and O–H groups in total. The molecular formula is C16H21NO3. The van der Waals surface area contributed by atoms with Crippen LogP contribution in [0, 0.1) is 19.8 Å². The number of amides is 1. The Morgan fingerprint density at radius 3 is 2.65 bits per heavy atom. The van der Waals surface area contributed by atoms with E-state index in [2.05, 4.69) is 5.32 Å². The lowest BCUT2D eigenvalue weighted by Gasteiger charge is -2.16. The summed E-state index contributed by atoms with van der Waals surface area (Å²) in [4.78, 5) is 22.9. The number of hydrogen-bond donors (Lipinski definition) is 2. The second-order valence-corrected chi connectivity index (χ2v) is 5.72. The van der Waals surface area contributed by atoms with Crippen molar-refractivity contribution in [3.63, 3.8) is 0 Å². The molecule has 1 unspecified atom stereocenters. The van der Waals surface area contributed by atoms with Crippen LogP contribution in [0.4, 0.5) is 0 Å².